The Morgan fingerprint density at radius 1 is 0.735 bits per heavy atom. The molecule has 0 spiro atoms. The Bertz CT molecular complexity index is 1410. The van der Waals surface area contributed by atoms with Gasteiger partial charge in [0, 0.05) is 23.7 Å². The molecule has 2 aliphatic rings. The topological polar surface area (TPSA) is 40.6 Å². The third-order valence-corrected chi connectivity index (χ3v) is 13.5. The Labute approximate surface area is 203 Å². The zero-order chi connectivity index (χ0) is 24.4. The van der Waals surface area contributed by atoms with Gasteiger partial charge in [0.05, 0.1) is 27.7 Å². The van der Waals surface area contributed by atoms with Crippen LogP contribution in [0, 0.1) is 6.92 Å². The van der Waals surface area contributed by atoms with E-state index in [0.29, 0.717) is 13.1 Å². The van der Waals surface area contributed by atoms with E-state index in [1.165, 1.54) is 11.1 Å². The first-order chi connectivity index (χ1) is 16.2. The van der Waals surface area contributed by atoms with Gasteiger partial charge in [0.1, 0.15) is 7.14 Å². The zero-order valence-corrected chi connectivity index (χ0v) is 22.8. The van der Waals surface area contributed by atoms with E-state index in [0.717, 1.165) is 56.7 Å². The minimum absolute atomic E-state index is 0.686. The summed E-state index contributed by atoms with van der Waals surface area (Å²) in [7, 11) is -6.00. The lowest BCUT2D eigenvalue weighted by Gasteiger charge is -2.46. The molecule has 0 aromatic heterocycles. The highest BCUT2D eigenvalue weighted by Crippen LogP contribution is 2.61. The molecule has 0 bridgehead atoms. The highest BCUT2D eigenvalue weighted by atomic mass is 31.2. The van der Waals surface area contributed by atoms with Gasteiger partial charge in [-0.1, -0.05) is 39.8 Å². The lowest BCUT2D eigenvalue weighted by Crippen LogP contribution is -2.46. The van der Waals surface area contributed by atoms with Crippen LogP contribution >= 0.6 is 14.4 Å². The number of anilines is 3. The van der Waals surface area contributed by atoms with Crippen LogP contribution in [0.5, 0.6) is 0 Å². The molecule has 3 aromatic carbocycles. The molecule has 2 aliphatic heterocycles. The maximum Gasteiger partial charge on any atom is 0.211 e. The molecule has 0 N–H and O–H groups in total. The zero-order valence-electron chi connectivity index (χ0n) is 21.1. The quantitative estimate of drug-likeness (QED) is 0.427. The molecule has 2 unspecified atom stereocenters. The van der Waals surface area contributed by atoms with Crippen molar-refractivity contribution in [1.29, 1.82) is 0 Å². The first-order valence-corrected chi connectivity index (χ1v) is 16.2. The molecular weight excluding hydrogens is 458 g/mol. The molecule has 2 atom stereocenters. The lowest BCUT2D eigenvalue weighted by atomic mass is 10.1. The first-order valence-electron chi connectivity index (χ1n) is 12.4. The Balaban J connectivity index is 1.98. The standard InChI is InChI=1S/C28H34N2O2P2/c1-7-20-11-13-24-22(17-20)30-23-18-21(8-2)12-14-25(23)34(32,29(9-3)10-4)27-16-19(5)15-26(28(27)30)33(24,6)31/h11-18H,7-10H2,1-6H3. The SMILES string of the molecule is CCc1ccc2c(c1)N1c3cc(CC)ccc3P(=O)(N(CC)CC)c3cc(C)cc(c31)P2(C)=O. The largest absolute Gasteiger partial charge is 0.314 e. The number of fused-ring (bicyclic) bond motifs is 4. The van der Waals surface area contributed by atoms with Gasteiger partial charge in [-0.05, 0) is 79.5 Å². The Morgan fingerprint density at radius 3 is 1.82 bits per heavy atom. The fourth-order valence-corrected chi connectivity index (χ4v) is 11.3. The fraction of sp³-hybridized carbons (Fsp3) is 0.357. The van der Waals surface area contributed by atoms with Crippen molar-refractivity contribution in [1.82, 2.24) is 4.67 Å². The number of benzene rings is 3. The van der Waals surface area contributed by atoms with E-state index in [1.54, 1.807) is 0 Å². The monoisotopic (exact) mass is 492 g/mol. The van der Waals surface area contributed by atoms with Gasteiger partial charge in [-0.3, -0.25) is 4.57 Å². The molecule has 6 heteroatoms. The summed E-state index contributed by atoms with van der Waals surface area (Å²) in [5, 5.41) is 3.44. The van der Waals surface area contributed by atoms with E-state index in [2.05, 4.69) is 85.8 Å². The minimum Gasteiger partial charge on any atom is -0.314 e. The van der Waals surface area contributed by atoms with E-state index in [-0.39, 0.29) is 0 Å². The molecular formula is C28H34N2O2P2. The molecule has 34 heavy (non-hydrogen) atoms. The number of hydrogen-bond acceptors (Lipinski definition) is 3. The summed E-state index contributed by atoms with van der Waals surface area (Å²) in [4.78, 5) is 2.27. The number of rotatable bonds is 5. The predicted molar refractivity (Wildman–Crippen MR) is 147 cm³/mol. The van der Waals surface area contributed by atoms with Gasteiger partial charge in [0.25, 0.3) is 0 Å². The molecule has 0 fully saturated rings. The van der Waals surface area contributed by atoms with E-state index in [9.17, 15) is 4.57 Å². The molecule has 3 aromatic rings. The first kappa shape index (κ1) is 23.6. The Kier molecular flexibility index (Phi) is 5.72. The van der Waals surface area contributed by atoms with Gasteiger partial charge in [-0.2, -0.15) is 0 Å². The number of nitrogens with zero attached hydrogens (tertiary/aromatic N) is 2. The van der Waals surface area contributed by atoms with Gasteiger partial charge >= 0.3 is 0 Å². The van der Waals surface area contributed by atoms with Crippen LogP contribution in [0.2, 0.25) is 0 Å². The van der Waals surface area contributed by atoms with Gasteiger partial charge < -0.3 is 9.46 Å². The summed E-state index contributed by atoms with van der Waals surface area (Å²) < 4.78 is 31.9. The Morgan fingerprint density at radius 2 is 1.26 bits per heavy atom. The molecule has 4 nitrogen and oxygen atoms in total. The summed E-state index contributed by atoms with van der Waals surface area (Å²) in [6.07, 6.45) is 1.81. The second kappa shape index (κ2) is 8.23. The van der Waals surface area contributed by atoms with Crippen LogP contribution in [-0.2, 0) is 22.0 Å². The summed E-state index contributed by atoms with van der Waals surface area (Å²) in [5.74, 6) is 0. The average Bonchev–Trinajstić information content (AvgIpc) is 2.83. The van der Waals surface area contributed by atoms with Crippen LogP contribution in [0.4, 0.5) is 17.1 Å². The van der Waals surface area contributed by atoms with Crippen molar-refractivity contribution < 1.29 is 9.13 Å². The predicted octanol–water partition coefficient (Wildman–Crippen LogP) is 5.73. The smallest absolute Gasteiger partial charge is 0.211 e. The minimum atomic E-state index is -3.12. The number of hydrogen-bond donors (Lipinski definition) is 0. The molecule has 2 heterocycles. The van der Waals surface area contributed by atoms with E-state index >= 15 is 4.57 Å². The van der Waals surface area contributed by atoms with Gasteiger partial charge in [-0.25, -0.2) is 4.67 Å². The molecule has 0 saturated heterocycles. The molecule has 0 amide bonds. The summed E-state index contributed by atoms with van der Waals surface area (Å²) in [6, 6.07) is 16.9. The molecule has 0 aliphatic carbocycles. The van der Waals surface area contributed by atoms with E-state index in [1.807, 2.05) is 13.6 Å². The molecule has 178 valence electrons. The van der Waals surface area contributed by atoms with Crippen molar-refractivity contribution in [3.8, 4) is 0 Å². The second-order valence-corrected chi connectivity index (χ2v) is 15.0. The third kappa shape index (κ3) is 3.08. The van der Waals surface area contributed by atoms with Crippen LogP contribution in [-0.4, -0.2) is 24.4 Å². The number of aryl methyl sites for hydroxylation is 3. The summed E-state index contributed by atoms with van der Waals surface area (Å²) in [5.41, 5.74) is 6.25. The molecule has 0 saturated carbocycles. The molecule has 0 radical (unpaired) electrons. The van der Waals surface area contributed by atoms with E-state index in [4.69, 9.17) is 0 Å². The van der Waals surface area contributed by atoms with Crippen LogP contribution < -0.4 is 26.1 Å². The fourth-order valence-electron chi connectivity index (χ4n) is 5.64. The van der Waals surface area contributed by atoms with Crippen molar-refractivity contribution in [2.24, 2.45) is 0 Å². The van der Waals surface area contributed by atoms with Crippen LogP contribution in [0.3, 0.4) is 0 Å². The Hall–Kier alpha value is -2.12. The van der Waals surface area contributed by atoms with Gasteiger partial charge in [0.15, 0.2) is 0 Å². The van der Waals surface area contributed by atoms with Crippen molar-refractivity contribution in [3.63, 3.8) is 0 Å². The average molecular weight is 493 g/mol. The van der Waals surface area contributed by atoms with Crippen LogP contribution in [0.1, 0.15) is 44.4 Å². The lowest BCUT2D eigenvalue weighted by molar-refractivity contribution is 0.458. The maximum atomic E-state index is 15.3. The van der Waals surface area contributed by atoms with Gasteiger partial charge in [0.2, 0.25) is 7.29 Å². The summed E-state index contributed by atoms with van der Waals surface area (Å²) >= 11 is 0. The van der Waals surface area contributed by atoms with Crippen LogP contribution in [0.25, 0.3) is 0 Å². The summed E-state index contributed by atoms with van der Waals surface area (Å²) in [6.45, 7) is 13.7. The van der Waals surface area contributed by atoms with Crippen molar-refractivity contribution in [2.45, 2.75) is 47.5 Å². The van der Waals surface area contributed by atoms with Crippen molar-refractivity contribution in [3.05, 3.63) is 65.2 Å². The maximum absolute atomic E-state index is 15.3. The second-order valence-electron chi connectivity index (χ2n) is 9.48. The normalized spacial score (nSPS) is 22.4. The molecule has 5 rings (SSSR count). The third-order valence-electron chi connectivity index (χ3n) is 7.52. The van der Waals surface area contributed by atoms with Gasteiger partial charge in [-0.15, -0.1) is 0 Å². The van der Waals surface area contributed by atoms with E-state index < -0.39 is 14.4 Å². The van der Waals surface area contributed by atoms with Crippen molar-refractivity contribution >= 4 is 52.7 Å². The van der Waals surface area contributed by atoms with Crippen molar-refractivity contribution in [2.75, 3.05) is 24.7 Å². The highest BCUT2D eigenvalue weighted by Gasteiger charge is 2.49. The highest BCUT2D eigenvalue weighted by molar-refractivity contribution is 7.80. The van der Waals surface area contributed by atoms with Crippen LogP contribution in [0.15, 0.2) is 48.5 Å².